The van der Waals surface area contributed by atoms with Gasteiger partial charge in [0, 0.05) is 26.1 Å². The third-order valence-corrected chi connectivity index (χ3v) is 4.80. The molecule has 2 heterocycles. The maximum absolute atomic E-state index is 12.4. The minimum absolute atomic E-state index is 0.00810. The Kier molecular flexibility index (Phi) is 3.87. The summed E-state index contributed by atoms with van der Waals surface area (Å²) >= 11 is 0. The molecule has 1 aromatic rings. The van der Waals surface area contributed by atoms with E-state index in [0.29, 0.717) is 6.04 Å². The molecule has 1 aliphatic carbocycles. The summed E-state index contributed by atoms with van der Waals surface area (Å²) in [7, 11) is 1.89. The van der Waals surface area contributed by atoms with E-state index in [0.717, 1.165) is 43.9 Å². The van der Waals surface area contributed by atoms with E-state index in [1.54, 1.807) is 0 Å². The van der Waals surface area contributed by atoms with Gasteiger partial charge in [-0.15, -0.1) is 10.2 Å². The monoisotopic (exact) mass is 291 g/mol. The van der Waals surface area contributed by atoms with Crippen LogP contribution in [0.25, 0.3) is 0 Å². The van der Waals surface area contributed by atoms with Gasteiger partial charge in [0.05, 0.1) is 6.04 Å². The normalized spacial score (nSPS) is 19.2. The lowest BCUT2D eigenvalue weighted by atomic mass is 9.92. The van der Waals surface area contributed by atoms with Gasteiger partial charge in [-0.2, -0.15) is 0 Å². The summed E-state index contributed by atoms with van der Waals surface area (Å²) in [5.41, 5.74) is 0. The van der Waals surface area contributed by atoms with Crippen molar-refractivity contribution in [3.63, 3.8) is 0 Å². The third-order valence-electron chi connectivity index (χ3n) is 4.80. The molecule has 1 aromatic heterocycles. The van der Waals surface area contributed by atoms with Gasteiger partial charge in [-0.3, -0.25) is 0 Å². The van der Waals surface area contributed by atoms with Crippen LogP contribution in [0.5, 0.6) is 0 Å². The van der Waals surface area contributed by atoms with Crippen LogP contribution in [0, 0.1) is 5.92 Å². The van der Waals surface area contributed by atoms with Crippen LogP contribution < -0.4 is 5.32 Å². The van der Waals surface area contributed by atoms with Crippen molar-refractivity contribution in [3.8, 4) is 0 Å². The molecule has 1 atom stereocenters. The minimum atomic E-state index is -0.0700. The molecule has 6 heteroatoms. The van der Waals surface area contributed by atoms with Gasteiger partial charge in [-0.05, 0) is 31.6 Å². The molecule has 0 aromatic carbocycles. The quantitative estimate of drug-likeness (QED) is 0.924. The number of nitrogens with one attached hydrogen (secondary N) is 1. The van der Waals surface area contributed by atoms with Gasteiger partial charge < -0.3 is 14.8 Å². The van der Waals surface area contributed by atoms with Crippen molar-refractivity contribution in [2.24, 2.45) is 5.92 Å². The first-order chi connectivity index (χ1) is 10.1. The number of fused-ring (bicyclic) bond motifs is 1. The highest BCUT2D eigenvalue weighted by atomic mass is 16.2. The zero-order valence-corrected chi connectivity index (χ0v) is 13.2. The van der Waals surface area contributed by atoms with Gasteiger partial charge in [0.25, 0.3) is 0 Å². The number of hydrogen-bond donors (Lipinski definition) is 1. The second-order valence-electron chi connectivity index (χ2n) is 6.60. The number of carbonyl (C=O) groups excluding carboxylic acids is 1. The molecule has 3 rings (SSSR count). The average Bonchev–Trinajstić information content (AvgIpc) is 2.95. The molecule has 1 aliphatic heterocycles. The van der Waals surface area contributed by atoms with Gasteiger partial charge >= 0.3 is 6.03 Å². The maximum atomic E-state index is 12.4. The number of urea groups is 1. The van der Waals surface area contributed by atoms with Crippen molar-refractivity contribution in [1.82, 2.24) is 25.0 Å². The van der Waals surface area contributed by atoms with Crippen LogP contribution in [0.2, 0.25) is 0 Å². The van der Waals surface area contributed by atoms with E-state index in [1.807, 2.05) is 11.9 Å². The molecular formula is C15H25N5O. The topological polar surface area (TPSA) is 63.1 Å². The molecule has 0 saturated heterocycles. The highest BCUT2D eigenvalue weighted by Crippen LogP contribution is 2.27. The number of aromatic nitrogens is 3. The van der Waals surface area contributed by atoms with Crippen LogP contribution in [0.15, 0.2) is 0 Å². The molecule has 6 nitrogen and oxygen atoms in total. The van der Waals surface area contributed by atoms with E-state index in [1.165, 1.54) is 6.42 Å². The minimum Gasteiger partial charge on any atom is -0.328 e. The zero-order chi connectivity index (χ0) is 15.0. The maximum Gasteiger partial charge on any atom is 0.317 e. The third kappa shape index (κ3) is 2.63. The Morgan fingerprint density at radius 3 is 2.71 bits per heavy atom. The number of hydrogen-bond acceptors (Lipinski definition) is 3. The van der Waals surface area contributed by atoms with Crippen LogP contribution in [0.1, 0.15) is 57.2 Å². The second kappa shape index (κ2) is 5.66. The van der Waals surface area contributed by atoms with Gasteiger partial charge in [0.1, 0.15) is 5.82 Å². The van der Waals surface area contributed by atoms with Gasteiger partial charge in [0.15, 0.2) is 5.82 Å². The molecule has 116 valence electrons. The Morgan fingerprint density at radius 1 is 1.33 bits per heavy atom. The van der Waals surface area contributed by atoms with Gasteiger partial charge in [-0.25, -0.2) is 4.79 Å². The predicted octanol–water partition coefficient (Wildman–Crippen LogP) is 2.12. The fourth-order valence-corrected chi connectivity index (χ4v) is 3.11. The van der Waals surface area contributed by atoms with Crippen molar-refractivity contribution in [1.29, 1.82) is 0 Å². The Hall–Kier alpha value is -1.59. The number of carbonyl (C=O) groups is 1. The molecule has 1 saturated carbocycles. The predicted molar refractivity (Wildman–Crippen MR) is 79.9 cm³/mol. The van der Waals surface area contributed by atoms with Crippen molar-refractivity contribution in [3.05, 3.63) is 11.6 Å². The Morgan fingerprint density at radius 2 is 2.10 bits per heavy atom. The molecule has 0 radical (unpaired) electrons. The fourth-order valence-electron chi connectivity index (χ4n) is 3.11. The zero-order valence-electron chi connectivity index (χ0n) is 13.2. The Bertz CT molecular complexity index is 520. The fraction of sp³-hybridized carbons (Fsp3) is 0.800. The number of aryl methyl sites for hydroxylation is 1. The molecule has 21 heavy (non-hydrogen) atoms. The first-order valence-corrected chi connectivity index (χ1v) is 8.03. The van der Waals surface area contributed by atoms with E-state index in [9.17, 15) is 4.79 Å². The summed E-state index contributed by atoms with van der Waals surface area (Å²) in [6.07, 6.45) is 5.59. The van der Waals surface area contributed by atoms with Crippen LogP contribution in [-0.2, 0) is 13.0 Å². The van der Waals surface area contributed by atoms with Crippen LogP contribution in [-0.4, -0.2) is 38.8 Å². The first kappa shape index (κ1) is 14.4. The van der Waals surface area contributed by atoms with Crippen LogP contribution in [0.3, 0.4) is 0 Å². The van der Waals surface area contributed by atoms with Crippen molar-refractivity contribution >= 4 is 6.03 Å². The van der Waals surface area contributed by atoms with E-state index in [4.69, 9.17) is 0 Å². The molecule has 2 aliphatic rings. The van der Waals surface area contributed by atoms with E-state index in [2.05, 4.69) is 33.9 Å². The summed E-state index contributed by atoms with van der Waals surface area (Å²) in [6, 6.07) is 0.343. The average molecular weight is 291 g/mol. The SMILES string of the molecule is CC(C)[C@@H](NC(=O)N(C)C1CCC1)c1nnc2n1CCC2. The lowest BCUT2D eigenvalue weighted by Crippen LogP contribution is -2.48. The summed E-state index contributed by atoms with van der Waals surface area (Å²) < 4.78 is 2.17. The smallest absolute Gasteiger partial charge is 0.317 e. The number of nitrogens with zero attached hydrogens (tertiary/aromatic N) is 4. The molecule has 0 unspecified atom stereocenters. The summed E-state index contributed by atoms with van der Waals surface area (Å²) in [5, 5.41) is 11.8. The van der Waals surface area contributed by atoms with Crippen LogP contribution in [0.4, 0.5) is 4.79 Å². The lowest BCUT2D eigenvalue weighted by Gasteiger charge is -2.36. The molecule has 1 N–H and O–H groups in total. The lowest BCUT2D eigenvalue weighted by molar-refractivity contribution is 0.151. The van der Waals surface area contributed by atoms with Crippen molar-refractivity contribution < 1.29 is 4.79 Å². The first-order valence-electron chi connectivity index (χ1n) is 8.03. The Labute approximate surface area is 125 Å². The van der Waals surface area contributed by atoms with E-state index in [-0.39, 0.29) is 18.0 Å². The largest absolute Gasteiger partial charge is 0.328 e. The second-order valence-corrected chi connectivity index (χ2v) is 6.60. The van der Waals surface area contributed by atoms with Crippen molar-refractivity contribution in [2.45, 2.75) is 64.6 Å². The van der Waals surface area contributed by atoms with E-state index < -0.39 is 0 Å². The highest BCUT2D eigenvalue weighted by Gasteiger charge is 2.31. The summed E-state index contributed by atoms with van der Waals surface area (Å²) in [4.78, 5) is 14.3. The molecular weight excluding hydrogens is 266 g/mol. The molecule has 0 bridgehead atoms. The van der Waals surface area contributed by atoms with Crippen molar-refractivity contribution in [2.75, 3.05) is 7.05 Å². The summed E-state index contributed by atoms with van der Waals surface area (Å²) in [6.45, 7) is 5.20. The highest BCUT2D eigenvalue weighted by molar-refractivity contribution is 5.74. The molecule has 2 amide bonds. The standard InChI is InChI=1S/C15H25N5O/c1-10(2)13(14-18-17-12-8-5-9-20(12)14)16-15(21)19(3)11-6-4-7-11/h10-11,13H,4-9H2,1-3H3,(H,16,21)/t13-/m1/s1. The number of rotatable bonds is 4. The van der Waals surface area contributed by atoms with Gasteiger partial charge in [0.2, 0.25) is 0 Å². The summed E-state index contributed by atoms with van der Waals surface area (Å²) in [5.74, 6) is 2.25. The molecule has 1 fully saturated rings. The molecule has 0 spiro atoms. The van der Waals surface area contributed by atoms with Gasteiger partial charge in [-0.1, -0.05) is 13.8 Å². The van der Waals surface area contributed by atoms with E-state index >= 15 is 0 Å². The Balaban J connectivity index is 1.74. The number of amides is 2. The van der Waals surface area contributed by atoms with Crippen LogP contribution >= 0.6 is 0 Å².